The zero-order valence-electron chi connectivity index (χ0n) is 12.1. The van der Waals surface area contributed by atoms with Gasteiger partial charge in [0.1, 0.15) is 0 Å². The van der Waals surface area contributed by atoms with Crippen molar-refractivity contribution in [3.05, 3.63) is 12.7 Å². The van der Waals surface area contributed by atoms with Gasteiger partial charge in [-0.2, -0.15) is 0 Å². The van der Waals surface area contributed by atoms with E-state index in [1.165, 1.54) is 19.3 Å². The Labute approximate surface area is 103 Å². The highest BCUT2D eigenvalue weighted by Crippen LogP contribution is 2.54. The van der Waals surface area contributed by atoms with E-state index in [2.05, 4.69) is 54.2 Å². The fraction of sp³-hybridized carbons (Fsp3) is 0.875. The lowest BCUT2D eigenvalue weighted by Crippen LogP contribution is -2.43. The first kappa shape index (κ1) is 13.8. The number of hydrogen-bond donors (Lipinski definition) is 0. The van der Waals surface area contributed by atoms with Crippen LogP contribution < -0.4 is 0 Å². The third-order valence-corrected chi connectivity index (χ3v) is 4.35. The molecule has 0 atom stereocenters. The largest absolute Gasteiger partial charge is 0.103 e. The molecule has 1 rings (SSSR count). The normalized spacial score (nSPS) is 32.7. The van der Waals surface area contributed by atoms with Crippen LogP contribution in [0.5, 0.6) is 0 Å². The van der Waals surface area contributed by atoms with Gasteiger partial charge in [-0.15, -0.1) is 6.58 Å². The van der Waals surface area contributed by atoms with Gasteiger partial charge in [0.25, 0.3) is 0 Å². The molecule has 0 radical (unpaired) electrons. The molecule has 94 valence electrons. The number of rotatable bonds is 3. The van der Waals surface area contributed by atoms with Crippen molar-refractivity contribution in [1.82, 2.24) is 0 Å². The van der Waals surface area contributed by atoms with E-state index in [1.54, 1.807) is 0 Å². The lowest BCUT2D eigenvalue weighted by Gasteiger charge is -2.51. The summed E-state index contributed by atoms with van der Waals surface area (Å²) in [5.41, 5.74) is 0.839. The highest BCUT2D eigenvalue weighted by atomic mass is 14.5. The summed E-state index contributed by atoms with van der Waals surface area (Å²) >= 11 is 0. The average Bonchev–Trinajstić information content (AvgIpc) is 1.97. The minimum Gasteiger partial charge on any atom is -0.103 e. The first-order valence-corrected chi connectivity index (χ1v) is 6.81. The topological polar surface area (TPSA) is 0 Å². The lowest BCUT2D eigenvalue weighted by atomic mass is 9.53. The summed E-state index contributed by atoms with van der Waals surface area (Å²) in [6.07, 6.45) is 6.32. The van der Waals surface area contributed by atoms with E-state index in [9.17, 15) is 0 Å². The molecule has 0 amide bonds. The Kier molecular flexibility index (Phi) is 3.92. The van der Waals surface area contributed by atoms with Crippen molar-refractivity contribution in [3.63, 3.8) is 0 Å². The fourth-order valence-electron chi connectivity index (χ4n) is 4.34. The van der Waals surface area contributed by atoms with E-state index in [1.807, 2.05) is 0 Å². The van der Waals surface area contributed by atoms with E-state index in [0.29, 0.717) is 16.7 Å². The van der Waals surface area contributed by atoms with Gasteiger partial charge < -0.3 is 0 Å². The van der Waals surface area contributed by atoms with Crippen molar-refractivity contribution < 1.29 is 0 Å². The van der Waals surface area contributed by atoms with Crippen molar-refractivity contribution in [2.24, 2.45) is 28.6 Å². The molecule has 1 aliphatic carbocycles. The molecule has 1 aliphatic rings. The smallest absolute Gasteiger partial charge is 0.0133 e. The molecule has 16 heavy (non-hydrogen) atoms. The van der Waals surface area contributed by atoms with Crippen LogP contribution in [0.15, 0.2) is 12.7 Å². The van der Waals surface area contributed by atoms with Crippen LogP contribution in [-0.2, 0) is 0 Å². The second-order valence-corrected chi connectivity index (χ2v) is 7.59. The maximum atomic E-state index is 4.06. The maximum absolute atomic E-state index is 4.06. The standard InChI is InChI=1S/C16H30/c1-8-14-15(4,5)10-13(9-12(2)3)11-16(14,6)7/h8,12-14H,1,9-11H2,2-7H3. The molecule has 0 aromatic heterocycles. The van der Waals surface area contributed by atoms with Gasteiger partial charge in [-0.3, -0.25) is 0 Å². The van der Waals surface area contributed by atoms with Gasteiger partial charge in [-0.05, 0) is 47.8 Å². The molecule has 0 spiro atoms. The van der Waals surface area contributed by atoms with E-state index in [0.717, 1.165) is 11.8 Å². The Morgan fingerprint density at radius 1 is 1.12 bits per heavy atom. The molecule has 0 N–H and O–H groups in total. The molecule has 0 aliphatic heterocycles. The molecule has 0 aromatic rings. The van der Waals surface area contributed by atoms with Gasteiger partial charge in [0, 0.05) is 0 Å². The number of allylic oxidation sites excluding steroid dienone is 1. The van der Waals surface area contributed by atoms with E-state index in [4.69, 9.17) is 0 Å². The van der Waals surface area contributed by atoms with Crippen molar-refractivity contribution in [1.29, 1.82) is 0 Å². The van der Waals surface area contributed by atoms with Crippen LogP contribution in [0.1, 0.15) is 60.8 Å². The van der Waals surface area contributed by atoms with Crippen LogP contribution >= 0.6 is 0 Å². The third-order valence-electron chi connectivity index (χ3n) is 4.35. The first-order valence-electron chi connectivity index (χ1n) is 6.81. The summed E-state index contributed by atoms with van der Waals surface area (Å²) in [6.45, 7) is 18.5. The zero-order valence-corrected chi connectivity index (χ0v) is 12.1. The van der Waals surface area contributed by atoms with Gasteiger partial charge in [0.05, 0.1) is 0 Å². The minimum atomic E-state index is 0.420. The molecule has 0 heterocycles. The molecule has 1 fully saturated rings. The van der Waals surface area contributed by atoms with Crippen molar-refractivity contribution in [2.75, 3.05) is 0 Å². The first-order chi connectivity index (χ1) is 7.19. The summed E-state index contributed by atoms with van der Waals surface area (Å²) in [6, 6.07) is 0. The molecule has 1 saturated carbocycles. The molecule has 0 bridgehead atoms. The Hall–Kier alpha value is -0.260. The van der Waals surface area contributed by atoms with Gasteiger partial charge in [-0.25, -0.2) is 0 Å². The van der Waals surface area contributed by atoms with E-state index in [-0.39, 0.29) is 0 Å². The summed E-state index contributed by atoms with van der Waals surface area (Å²) in [5.74, 6) is 2.39. The molecule has 0 saturated heterocycles. The second kappa shape index (κ2) is 4.55. The van der Waals surface area contributed by atoms with Crippen LogP contribution in [0.4, 0.5) is 0 Å². The third kappa shape index (κ3) is 2.90. The van der Waals surface area contributed by atoms with Crippen LogP contribution in [0.3, 0.4) is 0 Å². The quantitative estimate of drug-likeness (QED) is 0.569. The molecular formula is C16H30. The molecule has 0 nitrogen and oxygen atoms in total. The van der Waals surface area contributed by atoms with Crippen LogP contribution in [0, 0.1) is 28.6 Å². The zero-order chi connectivity index (χ0) is 12.6. The van der Waals surface area contributed by atoms with Crippen molar-refractivity contribution in [3.8, 4) is 0 Å². The summed E-state index contributed by atoms with van der Waals surface area (Å²) in [5, 5.41) is 0. The van der Waals surface area contributed by atoms with Crippen molar-refractivity contribution >= 4 is 0 Å². The summed E-state index contributed by atoms with van der Waals surface area (Å²) in [7, 11) is 0. The lowest BCUT2D eigenvalue weighted by molar-refractivity contribution is 0.00534. The van der Waals surface area contributed by atoms with Gasteiger partial charge >= 0.3 is 0 Å². The SMILES string of the molecule is C=CC1C(C)(C)CC(CC(C)C)CC1(C)C. The van der Waals surface area contributed by atoms with Gasteiger partial charge in [-0.1, -0.05) is 47.6 Å². The Morgan fingerprint density at radius 3 is 1.88 bits per heavy atom. The molecule has 0 heteroatoms. The Bertz CT molecular complexity index is 227. The van der Waals surface area contributed by atoms with Crippen LogP contribution in [-0.4, -0.2) is 0 Å². The molecule has 0 unspecified atom stereocenters. The summed E-state index contributed by atoms with van der Waals surface area (Å²) in [4.78, 5) is 0. The van der Waals surface area contributed by atoms with Crippen LogP contribution in [0.2, 0.25) is 0 Å². The van der Waals surface area contributed by atoms with Gasteiger partial charge in [0.2, 0.25) is 0 Å². The summed E-state index contributed by atoms with van der Waals surface area (Å²) < 4.78 is 0. The predicted molar refractivity (Wildman–Crippen MR) is 73.4 cm³/mol. The predicted octanol–water partition coefficient (Wildman–Crippen LogP) is 5.30. The fourth-order valence-corrected chi connectivity index (χ4v) is 4.34. The van der Waals surface area contributed by atoms with Gasteiger partial charge in [0.15, 0.2) is 0 Å². The Balaban J connectivity index is 2.84. The number of hydrogen-bond acceptors (Lipinski definition) is 0. The second-order valence-electron chi connectivity index (χ2n) is 7.59. The average molecular weight is 222 g/mol. The monoisotopic (exact) mass is 222 g/mol. The highest BCUT2D eigenvalue weighted by molar-refractivity contribution is 5.03. The molecular weight excluding hydrogens is 192 g/mol. The van der Waals surface area contributed by atoms with E-state index < -0.39 is 0 Å². The van der Waals surface area contributed by atoms with E-state index >= 15 is 0 Å². The maximum Gasteiger partial charge on any atom is -0.0133 e. The Morgan fingerprint density at radius 2 is 1.56 bits per heavy atom. The minimum absolute atomic E-state index is 0.420. The highest BCUT2D eigenvalue weighted by Gasteiger charge is 2.45. The molecule has 0 aromatic carbocycles. The van der Waals surface area contributed by atoms with Crippen LogP contribution in [0.25, 0.3) is 0 Å². The van der Waals surface area contributed by atoms with Crippen molar-refractivity contribution in [2.45, 2.75) is 60.8 Å².